The van der Waals surface area contributed by atoms with Crippen LogP contribution < -0.4 is 0 Å². The Hall–Kier alpha value is -2.15. The quantitative estimate of drug-likeness (QED) is 0.857. The molecule has 0 saturated heterocycles. The molecule has 0 spiro atoms. The molecule has 1 atom stereocenters. The highest BCUT2D eigenvalue weighted by Crippen LogP contribution is 2.27. The van der Waals surface area contributed by atoms with Crippen molar-refractivity contribution in [3.63, 3.8) is 0 Å². The van der Waals surface area contributed by atoms with Gasteiger partial charge in [-0.2, -0.15) is 0 Å². The molecule has 0 aromatic carbocycles. The smallest absolute Gasteiger partial charge is 0.276 e. The number of rotatable bonds is 4. The van der Waals surface area contributed by atoms with E-state index in [1.54, 1.807) is 25.0 Å². The van der Waals surface area contributed by atoms with Crippen molar-refractivity contribution in [2.24, 2.45) is 0 Å². The van der Waals surface area contributed by atoms with Gasteiger partial charge in [-0.25, -0.2) is 4.98 Å². The summed E-state index contributed by atoms with van der Waals surface area (Å²) in [5, 5.41) is 3.82. The Kier molecular flexibility index (Phi) is 3.98. The van der Waals surface area contributed by atoms with Crippen molar-refractivity contribution in [3.8, 4) is 0 Å². The second-order valence-corrected chi connectivity index (χ2v) is 5.50. The molecule has 3 heterocycles. The molecule has 0 aliphatic carbocycles. The lowest BCUT2D eigenvalue weighted by Gasteiger charge is -2.34. The predicted molar refractivity (Wildman–Crippen MR) is 78.5 cm³/mol. The number of amides is 1. The summed E-state index contributed by atoms with van der Waals surface area (Å²) < 4.78 is 12.3. The van der Waals surface area contributed by atoms with Crippen LogP contribution in [-0.2, 0) is 17.7 Å². The maximum atomic E-state index is 12.6. The molecule has 1 unspecified atom stereocenters. The molecule has 2 aromatic rings. The van der Waals surface area contributed by atoms with E-state index in [1.807, 2.05) is 13.1 Å². The van der Waals surface area contributed by atoms with Crippen molar-refractivity contribution in [1.82, 2.24) is 19.6 Å². The van der Waals surface area contributed by atoms with E-state index in [9.17, 15) is 4.79 Å². The predicted octanol–water partition coefficient (Wildman–Crippen LogP) is 1.59. The van der Waals surface area contributed by atoms with Crippen molar-refractivity contribution in [1.29, 1.82) is 0 Å². The van der Waals surface area contributed by atoms with Gasteiger partial charge in [0.05, 0.1) is 12.6 Å². The number of imidazole rings is 1. The summed E-state index contributed by atoms with van der Waals surface area (Å²) in [5.74, 6) is 1.43. The number of fused-ring (bicyclic) bond motifs is 1. The number of aryl methyl sites for hydroxylation is 1. The Labute approximate surface area is 128 Å². The van der Waals surface area contributed by atoms with Crippen LogP contribution in [0.3, 0.4) is 0 Å². The molecule has 2 aromatic heterocycles. The Morgan fingerprint density at radius 2 is 2.32 bits per heavy atom. The average Bonchev–Trinajstić information content (AvgIpc) is 3.12. The third kappa shape index (κ3) is 2.52. The SMILES string of the molecule is COCCc1cnc2n1CCN(C(=O)c1cc(C)on1)C2C. The molecular weight excluding hydrogens is 284 g/mol. The minimum atomic E-state index is -0.114. The highest BCUT2D eigenvalue weighted by molar-refractivity contribution is 5.92. The Bertz CT molecular complexity index is 676. The standard InChI is InChI=1S/C15H20N4O3/c1-10-8-13(17-22-10)15(20)18-5-6-19-12(4-7-21-3)9-16-14(19)11(18)2/h8-9,11H,4-7H2,1-3H3. The molecule has 1 aliphatic rings. The first-order valence-electron chi connectivity index (χ1n) is 7.39. The second kappa shape index (κ2) is 5.92. The molecular formula is C15H20N4O3. The molecule has 0 fully saturated rings. The van der Waals surface area contributed by atoms with E-state index in [0.29, 0.717) is 24.6 Å². The summed E-state index contributed by atoms with van der Waals surface area (Å²) in [6.07, 6.45) is 2.70. The molecule has 3 rings (SSSR count). The van der Waals surface area contributed by atoms with Gasteiger partial charge in [-0.05, 0) is 13.8 Å². The third-order valence-corrected chi connectivity index (χ3v) is 4.05. The summed E-state index contributed by atoms with van der Waals surface area (Å²) in [4.78, 5) is 18.8. The number of aromatic nitrogens is 3. The lowest BCUT2D eigenvalue weighted by molar-refractivity contribution is 0.0625. The van der Waals surface area contributed by atoms with Gasteiger partial charge in [-0.3, -0.25) is 4.79 Å². The maximum Gasteiger partial charge on any atom is 0.276 e. The second-order valence-electron chi connectivity index (χ2n) is 5.50. The lowest BCUT2D eigenvalue weighted by Crippen LogP contribution is -2.41. The zero-order valence-electron chi connectivity index (χ0n) is 13.1. The topological polar surface area (TPSA) is 73.4 Å². The molecule has 0 radical (unpaired) electrons. The summed E-state index contributed by atoms with van der Waals surface area (Å²) in [6.45, 7) is 5.80. The molecule has 0 saturated carbocycles. The number of hydrogen-bond acceptors (Lipinski definition) is 5. The number of hydrogen-bond donors (Lipinski definition) is 0. The fourth-order valence-corrected chi connectivity index (χ4v) is 2.86. The van der Waals surface area contributed by atoms with Gasteiger partial charge in [0.25, 0.3) is 5.91 Å². The van der Waals surface area contributed by atoms with Gasteiger partial charge in [-0.15, -0.1) is 0 Å². The van der Waals surface area contributed by atoms with Crippen molar-refractivity contribution < 1.29 is 14.1 Å². The molecule has 0 bridgehead atoms. The molecule has 118 valence electrons. The van der Waals surface area contributed by atoms with E-state index < -0.39 is 0 Å². The van der Waals surface area contributed by atoms with E-state index in [0.717, 1.165) is 24.5 Å². The van der Waals surface area contributed by atoms with E-state index in [2.05, 4.69) is 14.7 Å². The summed E-state index contributed by atoms with van der Waals surface area (Å²) in [5.41, 5.74) is 1.50. The van der Waals surface area contributed by atoms with E-state index >= 15 is 0 Å². The van der Waals surface area contributed by atoms with Crippen molar-refractivity contribution >= 4 is 5.91 Å². The number of carbonyl (C=O) groups excluding carboxylic acids is 1. The number of carbonyl (C=O) groups is 1. The highest BCUT2D eigenvalue weighted by Gasteiger charge is 2.31. The molecule has 1 amide bonds. The average molecular weight is 304 g/mol. The maximum absolute atomic E-state index is 12.6. The third-order valence-electron chi connectivity index (χ3n) is 4.05. The number of methoxy groups -OCH3 is 1. The van der Waals surface area contributed by atoms with Crippen LogP contribution >= 0.6 is 0 Å². The molecule has 0 N–H and O–H groups in total. The number of ether oxygens (including phenoxy) is 1. The molecule has 7 nitrogen and oxygen atoms in total. The fourth-order valence-electron chi connectivity index (χ4n) is 2.86. The summed E-state index contributed by atoms with van der Waals surface area (Å²) >= 11 is 0. The van der Waals surface area contributed by atoms with Crippen LogP contribution in [0, 0.1) is 6.92 Å². The van der Waals surface area contributed by atoms with Gasteiger partial charge in [-0.1, -0.05) is 5.16 Å². The Morgan fingerprint density at radius 1 is 1.50 bits per heavy atom. The summed E-state index contributed by atoms with van der Waals surface area (Å²) in [7, 11) is 1.69. The normalized spacial score (nSPS) is 17.6. The van der Waals surface area contributed by atoms with Gasteiger partial charge in [0.1, 0.15) is 11.6 Å². The zero-order valence-corrected chi connectivity index (χ0v) is 13.1. The fraction of sp³-hybridized carbons (Fsp3) is 0.533. The van der Waals surface area contributed by atoms with Gasteiger partial charge >= 0.3 is 0 Å². The highest BCUT2D eigenvalue weighted by atomic mass is 16.5. The zero-order chi connectivity index (χ0) is 15.7. The minimum Gasteiger partial charge on any atom is -0.384 e. The van der Waals surface area contributed by atoms with Gasteiger partial charge in [0.15, 0.2) is 5.69 Å². The minimum absolute atomic E-state index is 0.0884. The molecule has 22 heavy (non-hydrogen) atoms. The van der Waals surface area contributed by atoms with Crippen LogP contribution in [0.2, 0.25) is 0 Å². The van der Waals surface area contributed by atoms with Gasteiger partial charge in [0, 0.05) is 44.6 Å². The van der Waals surface area contributed by atoms with Crippen LogP contribution in [0.4, 0.5) is 0 Å². The van der Waals surface area contributed by atoms with Crippen LogP contribution in [0.1, 0.15) is 40.7 Å². The Balaban J connectivity index is 1.81. The van der Waals surface area contributed by atoms with Crippen LogP contribution in [-0.4, -0.2) is 45.8 Å². The van der Waals surface area contributed by atoms with E-state index in [1.165, 1.54) is 0 Å². The first-order valence-corrected chi connectivity index (χ1v) is 7.39. The van der Waals surface area contributed by atoms with Crippen molar-refractivity contribution in [3.05, 3.63) is 35.2 Å². The summed E-state index contributed by atoms with van der Waals surface area (Å²) in [6, 6.07) is 1.58. The van der Waals surface area contributed by atoms with Crippen LogP contribution in [0.15, 0.2) is 16.8 Å². The monoisotopic (exact) mass is 304 g/mol. The van der Waals surface area contributed by atoms with Crippen LogP contribution in [0.25, 0.3) is 0 Å². The first-order chi connectivity index (χ1) is 10.6. The molecule has 1 aliphatic heterocycles. The lowest BCUT2D eigenvalue weighted by atomic mass is 10.2. The van der Waals surface area contributed by atoms with Gasteiger partial charge < -0.3 is 18.7 Å². The number of nitrogens with zero attached hydrogens (tertiary/aromatic N) is 4. The van der Waals surface area contributed by atoms with Gasteiger partial charge in [0.2, 0.25) is 0 Å². The molecule has 7 heteroatoms. The van der Waals surface area contributed by atoms with E-state index in [4.69, 9.17) is 9.26 Å². The van der Waals surface area contributed by atoms with Crippen LogP contribution in [0.5, 0.6) is 0 Å². The Morgan fingerprint density at radius 3 is 3.00 bits per heavy atom. The largest absolute Gasteiger partial charge is 0.384 e. The van der Waals surface area contributed by atoms with E-state index in [-0.39, 0.29) is 11.9 Å². The first kappa shape index (κ1) is 14.8. The van der Waals surface area contributed by atoms with Crippen molar-refractivity contribution in [2.75, 3.05) is 20.3 Å². The van der Waals surface area contributed by atoms with Crippen molar-refractivity contribution in [2.45, 2.75) is 32.9 Å².